The Morgan fingerprint density at radius 1 is 1.19 bits per heavy atom. The van der Waals surface area contributed by atoms with Crippen LogP contribution in [-0.4, -0.2) is 39.0 Å². The lowest BCUT2D eigenvalue weighted by molar-refractivity contribution is 0.145. The van der Waals surface area contributed by atoms with Crippen molar-refractivity contribution < 1.29 is 5.11 Å². The second-order valence-electron chi connectivity index (χ2n) is 7.91. The maximum absolute atomic E-state index is 11.0. The van der Waals surface area contributed by atoms with Crippen molar-refractivity contribution >= 4 is 45.7 Å². The molecule has 0 radical (unpaired) electrons. The van der Waals surface area contributed by atoms with Crippen LogP contribution in [0.25, 0.3) is 10.9 Å². The lowest BCUT2D eigenvalue weighted by atomic mass is 9.90. The van der Waals surface area contributed by atoms with Crippen LogP contribution in [-0.2, 0) is 13.1 Å². The van der Waals surface area contributed by atoms with Crippen LogP contribution in [0.15, 0.2) is 63.7 Å². The van der Waals surface area contributed by atoms with Crippen molar-refractivity contribution in [1.29, 1.82) is 0 Å². The Hall–Kier alpha value is -2.42. The van der Waals surface area contributed by atoms with E-state index in [1.165, 1.54) is 5.56 Å². The fraction of sp³-hybridized carbons (Fsp3) is 0.348. The largest absolute Gasteiger partial charge is 0.493 e. The molecular formula is C23H27N5OS2. The SMILES string of the molecule is CSc1ccc2c(c1)c(N=NC(N)=S)c(O)n2CN1CCC(Cc2ccccc2)CC1. The second kappa shape index (κ2) is 9.80. The van der Waals surface area contributed by atoms with Gasteiger partial charge in [0.2, 0.25) is 11.0 Å². The lowest BCUT2D eigenvalue weighted by Crippen LogP contribution is -2.35. The fourth-order valence-corrected chi connectivity index (χ4v) is 4.73. The van der Waals surface area contributed by atoms with Gasteiger partial charge in [0.25, 0.3) is 0 Å². The number of hydrogen-bond acceptors (Lipinski definition) is 5. The number of nitrogens with two attached hydrogens (primary N) is 1. The first-order valence-electron chi connectivity index (χ1n) is 10.4. The molecule has 162 valence electrons. The van der Waals surface area contributed by atoms with Gasteiger partial charge in [-0.15, -0.1) is 22.0 Å². The predicted molar refractivity (Wildman–Crippen MR) is 131 cm³/mol. The van der Waals surface area contributed by atoms with E-state index in [1.807, 2.05) is 23.0 Å². The summed E-state index contributed by atoms with van der Waals surface area (Å²) in [6, 6.07) is 16.8. The molecule has 2 aromatic carbocycles. The molecule has 1 saturated heterocycles. The Labute approximate surface area is 192 Å². The molecule has 0 atom stereocenters. The van der Waals surface area contributed by atoms with E-state index < -0.39 is 0 Å². The van der Waals surface area contributed by atoms with E-state index in [4.69, 9.17) is 18.0 Å². The van der Waals surface area contributed by atoms with E-state index in [0.717, 1.165) is 48.2 Å². The molecule has 0 saturated carbocycles. The van der Waals surface area contributed by atoms with Gasteiger partial charge in [0, 0.05) is 23.4 Å². The molecule has 0 spiro atoms. The average Bonchev–Trinajstić information content (AvgIpc) is 3.04. The van der Waals surface area contributed by atoms with Crippen molar-refractivity contribution in [2.24, 2.45) is 21.9 Å². The lowest BCUT2D eigenvalue weighted by Gasteiger charge is -2.32. The molecule has 6 nitrogen and oxygen atoms in total. The molecule has 1 aliphatic rings. The molecule has 3 N–H and O–H groups in total. The number of azo groups is 1. The van der Waals surface area contributed by atoms with Crippen molar-refractivity contribution in [2.75, 3.05) is 19.3 Å². The summed E-state index contributed by atoms with van der Waals surface area (Å²) in [5.41, 5.74) is 8.24. The third-order valence-electron chi connectivity index (χ3n) is 5.88. The van der Waals surface area contributed by atoms with E-state index in [-0.39, 0.29) is 11.0 Å². The summed E-state index contributed by atoms with van der Waals surface area (Å²) in [4.78, 5) is 3.48. The minimum absolute atomic E-state index is 0.0539. The van der Waals surface area contributed by atoms with Crippen molar-refractivity contribution in [1.82, 2.24) is 9.47 Å². The van der Waals surface area contributed by atoms with Crippen molar-refractivity contribution in [3.05, 3.63) is 54.1 Å². The van der Waals surface area contributed by atoms with Gasteiger partial charge >= 0.3 is 0 Å². The van der Waals surface area contributed by atoms with Crippen LogP contribution in [0.5, 0.6) is 5.88 Å². The fourth-order valence-electron chi connectivity index (χ4n) is 4.25. The van der Waals surface area contributed by atoms with E-state index in [9.17, 15) is 5.11 Å². The van der Waals surface area contributed by atoms with E-state index in [2.05, 4.69) is 51.5 Å². The van der Waals surface area contributed by atoms with E-state index in [0.29, 0.717) is 18.3 Å². The molecule has 0 bridgehead atoms. The number of benzene rings is 2. The topological polar surface area (TPSA) is 79.1 Å². The Morgan fingerprint density at radius 2 is 1.94 bits per heavy atom. The van der Waals surface area contributed by atoms with Crippen molar-refractivity contribution in [3.8, 4) is 5.88 Å². The Balaban J connectivity index is 1.52. The molecule has 3 aromatic rings. The summed E-state index contributed by atoms with van der Waals surface area (Å²) in [6.07, 6.45) is 5.46. The van der Waals surface area contributed by atoms with Gasteiger partial charge in [0.15, 0.2) is 5.69 Å². The second-order valence-corrected chi connectivity index (χ2v) is 9.21. The molecule has 2 heterocycles. The molecule has 1 aromatic heterocycles. The van der Waals surface area contributed by atoms with Gasteiger partial charge < -0.3 is 10.8 Å². The van der Waals surface area contributed by atoms with E-state index in [1.54, 1.807) is 11.8 Å². The van der Waals surface area contributed by atoms with Crippen LogP contribution in [0.4, 0.5) is 5.69 Å². The first-order valence-corrected chi connectivity index (χ1v) is 12.0. The highest BCUT2D eigenvalue weighted by Gasteiger charge is 2.23. The molecule has 31 heavy (non-hydrogen) atoms. The summed E-state index contributed by atoms with van der Waals surface area (Å²) >= 11 is 6.47. The summed E-state index contributed by atoms with van der Waals surface area (Å²) < 4.78 is 1.91. The van der Waals surface area contributed by atoms with E-state index >= 15 is 0 Å². The third-order valence-corrected chi connectivity index (χ3v) is 6.69. The number of fused-ring (bicyclic) bond motifs is 1. The standard InChI is InChI=1S/C23H27N5OS2/c1-31-18-7-8-20-19(14-18)21(25-26-23(24)30)22(29)28(20)15-27-11-9-17(10-12-27)13-16-5-3-2-4-6-16/h2-8,14,17,29H,9-13,15H2,1H3,(H2,24,30). The number of nitrogens with zero attached hydrogens (tertiary/aromatic N) is 4. The average molecular weight is 454 g/mol. The monoisotopic (exact) mass is 453 g/mol. The number of rotatable bonds is 6. The Kier molecular flexibility index (Phi) is 6.89. The summed E-state index contributed by atoms with van der Waals surface area (Å²) in [5, 5.41) is 19.7. The van der Waals surface area contributed by atoms with Crippen LogP contribution < -0.4 is 5.73 Å². The first kappa shape index (κ1) is 21.8. The first-order chi connectivity index (χ1) is 15.0. The summed E-state index contributed by atoms with van der Waals surface area (Å²) in [6.45, 7) is 2.62. The van der Waals surface area contributed by atoms with Crippen LogP contribution in [0.1, 0.15) is 18.4 Å². The number of hydrogen-bond donors (Lipinski definition) is 2. The van der Waals surface area contributed by atoms with Gasteiger partial charge in [-0.25, -0.2) is 0 Å². The van der Waals surface area contributed by atoms with Gasteiger partial charge in [0.1, 0.15) is 0 Å². The zero-order valence-electron chi connectivity index (χ0n) is 17.6. The highest BCUT2D eigenvalue weighted by Crippen LogP contribution is 2.40. The maximum Gasteiger partial charge on any atom is 0.221 e. The van der Waals surface area contributed by atoms with Crippen LogP contribution in [0.3, 0.4) is 0 Å². The predicted octanol–water partition coefficient (Wildman–Crippen LogP) is 5.31. The van der Waals surface area contributed by atoms with Crippen LogP contribution in [0, 0.1) is 5.92 Å². The number of aromatic nitrogens is 1. The minimum Gasteiger partial charge on any atom is -0.493 e. The molecule has 0 amide bonds. The normalized spacial score (nSPS) is 15.8. The van der Waals surface area contributed by atoms with Crippen LogP contribution in [0.2, 0.25) is 0 Å². The number of thiocarbonyl (C=S) groups is 1. The van der Waals surface area contributed by atoms with Crippen LogP contribution >= 0.6 is 24.0 Å². The quantitative estimate of drug-likeness (QED) is 0.300. The third kappa shape index (κ3) is 5.08. The zero-order valence-corrected chi connectivity index (χ0v) is 19.2. The summed E-state index contributed by atoms with van der Waals surface area (Å²) in [7, 11) is 0. The summed E-state index contributed by atoms with van der Waals surface area (Å²) in [5.74, 6) is 0.799. The number of aromatic hydroxyl groups is 1. The number of likely N-dealkylation sites (tertiary alicyclic amines) is 1. The molecule has 8 heteroatoms. The molecule has 0 aliphatic carbocycles. The Bertz CT molecular complexity index is 1090. The van der Waals surface area contributed by atoms with Gasteiger partial charge in [-0.05, 0) is 67.4 Å². The highest BCUT2D eigenvalue weighted by molar-refractivity contribution is 7.98. The molecule has 1 fully saturated rings. The number of piperidine rings is 1. The van der Waals surface area contributed by atoms with Crippen molar-refractivity contribution in [2.45, 2.75) is 30.8 Å². The highest BCUT2D eigenvalue weighted by atomic mass is 32.2. The molecule has 0 unspecified atom stereocenters. The van der Waals surface area contributed by atoms with Gasteiger partial charge in [-0.3, -0.25) is 9.47 Å². The van der Waals surface area contributed by atoms with Crippen molar-refractivity contribution in [3.63, 3.8) is 0 Å². The molecular weight excluding hydrogens is 426 g/mol. The molecule has 1 aliphatic heterocycles. The van der Waals surface area contributed by atoms with Gasteiger partial charge in [-0.1, -0.05) is 30.3 Å². The zero-order chi connectivity index (χ0) is 21.8. The maximum atomic E-state index is 11.0. The number of thioether (sulfide) groups is 1. The van der Waals surface area contributed by atoms with Gasteiger partial charge in [0.05, 0.1) is 12.2 Å². The van der Waals surface area contributed by atoms with Gasteiger partial charge in [-0.2, -0.15) is 0 Å². The Morgan fingerprint density at radius 3 is 2.61 bits per heavy atom. The molecule has 4 rings (SSSR count). The smallest absolute Gasteiger partial charge is 0.221 e. The minimum atomic E-state index is -0.0539.